The zero-order valence-corrected chi connectivity index (χ0v) is 11.2. The van der Waals surface area contributed by atoms with E-state index >= 15 is 0 Å². The number of hydrogen-bond donors (Lipinski definition) is 0. The lowest BCUT2D eigenvalue weighted by molar-refractivity contribution is -0.384. The number of nitrogens with zero attached hydrogens (tertiary/aromatic N) is 2. The lowest BCUT2D eigenvalue weighted by Crippen LogP contribution is -1.90. The van der Waals surface area contributed by atoms with Crippen LogP contribution in [0.4, 0.5) is 5.69 Å². The number of hydrogen-bond acceptors (Lipinski definition) is 4. The lowest BCUT2D eigenvalue weighted by Gasteiger charge is -2.06. The minimum Gasteiger partial charge on any atom is -0.438 e. The Bertz CT molecular complexity index is 589. The minimum atomic E-state index is -0.478. The summed E-state index contributed by atoms with van der Waals surface area (Å²) in [5, 5.41) is 10.8. The average molecular weight is 330 g/mol. The van der Waals surface area contributed by atoms with Crippen molar-refractivity contribution in [3.8, 4) is 11.6 Å². The Morgan fingerprint density at radius 1 is 1.33 bits per heavy atom. The molecule has 0 unspecified atom stereocenters. The quantitative estimate of drug-likeness (QED) is 0.625. The molecule has 2 rings (SSSR count). The first-order valence-electron chi connectivity index (χ1n) is 4.79. The number of nitro benzene ring substituents is 1. The molecule has 0 aliphatic carbocycles. The highest BCUT2D eigenvalue weighted by Gasteiger charge is 2.08. The zero-order chi connectivity index (χ0) is 13.1. The maximum Gasteiger partial charge on any atom is 0.269 e. The van der Waals surface area contributed by atoms with Crippen LogP contribution in [0.5, 0.6) is 11.6 Å². The molecule has 1 heterocycles. The van der Waals surface area contributed by atoms with E-state index < -0.39 is 4.92 Å². The Balaban J connectivity index is 2.21. The van der Waals surface area contributed by atoms with Gasteiger partial charge in [0.1, 0.15) is 10.8 Å². The van der Waals surface area contributed by atoms with Gasteiger partial charge >= 0.3 is 0 Å². The number of non-ortho nitro benzene ring substituents is 1. The Labute approximate surface area is 116 Å². The predicted molar refractivity (Wildman–Crippen MR) is 70.1 cm³/mol. The molecular formula is C11H6BrClN2O3. The summed E-state index contributed by atoms with van der Waals surface area (Å²) in [6.07, 6.45) is 1.55. The first kappa shape index (κ1) is 12.8. The standard InChI is InChI=1S/C11H6BrClN2O3/c12-7-5-10(13)11(14-6-7)18-9-3-1-8(2-4-9)15(16)17/h1-6H. The van der Waals surface area contributed by atoms with Crippen LogP contribution in [0, 0.1) is 10.1 Å². The zero-order valence-electron chi connectivity index (χ0n) is 8.84. The maximum atomic E-state index is 10.5. The maximum absolute atomic E-state index is 10.5. The van der Waals surface area contributed by atoms with Crippen molar-refractivity contribution in [1.29, 1.82) is 0 Å². The number of rotatable bonds is 3. The molecule has 0 N–H and O–H groups in total. The topological polar surface area (TPSA) is 65.3 Å². The van der Waals surface area contributed by atoms with Crippen LogP contribution in [0.15, 0.2) is 41.0 Å². The molecule has 5 nitrogen and oxygen atoms in total. The Morgan fingerprint density at radius 3 is 2.56 bits per heavy atom. The van der Waals surface area contributed by atoms with E-state index in [1.807, 2.05) is 0 Å². The number of aromatic nitrogens is 1. The molecule has 0 saturated heterocycles. The monoisotopic (exact) mass is 328 g/mol. The van der Waals surface area contributed by atoms with Crippen molar-refractivity contribution in [2.45, 2.75) is 0 Å². The Hall–Kier alpha value is -1.66. The van der Waals surface area contributed by atoms with Gasteiger partial charge in [0.15, 0.2) is 0 Å². The number of halogens is 2. The van der Waals surface area contributed by atoms with E-state index in [0.29, 0.717) is 10.8 Å². The van der Waals surface area contributed by atoms with Crippen molar-refractivity contribution in [2.75, 3.05) is 0 Å². The number of nitro groups is 1. The summed E-state index contributed by atoms with van der Waals surface area (Å²) in [6.45, 7) is 0. The molecule has 92 valence electrons. The van der Waals surface area contributed by atoms with Crippen LogP contribution < -0.4 is 4.74 Å². The average Bonchev–Trinajstić information content (AvgIpc) is 2.33. The van der Waals surface area contributed by atoms with Gasteiger partial charge in [-0.3, -0.25) is 10.1 Å². The summed E-state index contributed by atoms with van der Waals surface area (Å²) in [7, 11) is 0. The number of benzene rings is 1. The van der Waals surface area contributed by atoms with Gasteiger partial charge in [0.2, 0.25) is 5.88 Å². The summed E-state index contributed by atoms with van der Waals surface area (Å²) in [4.78, 5) is 14.0. The molecule has 0 radical (unpaired) electrons. The summed E-state index contributed by atoms with van der Waals surface area (Å²) in [5.41, 5.74) is -0.00258. The largest absolute Gasteiger partial charge is 0.438 e. The van der Waals surface area contributed by atoms with Crippen molar-refractivity contribution in [2.24, 2.45) is 0 Å². The molecular weight excluding hydrogens is 323 g/mol. The fourth-order valence-corrected chi connectivity index (χ4v) is 1.89. The predicted octanol–water partition coefficient (Wildman–Crippen LogP) is 4.20. The first-order valence-corrected chi connectivity index (χ1v) is 5.97. The van der Waals surface area contributed by atoms with Gasteiger partial charge in [-0.05, 0) is 34.1 Å². The third-order valence-electron chi connectivity index (χ3n) is 2.04. The van der Waals surface area contributed by atoms with Crippen LogP contribution in [-0.4, -0.2) is 9.91 Å². The van der Waals surface area contributed by atoms with Gasteiger partial charge in [-0.15, -0.1) is 0 Å². The van der Waals surface area contributed by atoms with Crippen molar-refractivity contribution in [3.05, 3.63) is 56.1 Å². The van der Waals surface area contributed by atoms with E-state index in [1.54, 1.807) is 12.3 Å². The molecule has 1 aromatic heterocycles. The number of pyridine rings is 1. The SMILES string of the molecule is O=[N+]([O-])c1ccc(Oc2ncc(Br)cc2Cl)cc1. The van der Waals surface area contributed by atoms with Gasteiger partial charge in [-0.1, -0.05) is 11.6 Å². The number of ether oxygens (including phenoxy) is 1. The summed E-state index contributed by atoms with van der Waals surface area (Å²) in [6, 6.07) is 7.32. The van der Waals surface area contributed by atoms with Crippen LogP contribution >= 0.6 is 27.5 Å². The molecule has 0 aliphatic heterocycles. The molecule has 0 spiro atoms. The third kappa shape index (κ3) is 2.96. The van der Waals surface area contributed by atoms with Crippen molar-refractivity contribution in [3.63, 3.8) is 0 Å². The van der Waals surface area contributed by atoms with Crippen LogP contribution in [0.1, 0.15) is 0 Å². The van der Waals surface area contributed by atoms with Gasteiger partial charge in [-0.25, -0.2) is 4.98 Å². The first-order chi connectivity index (χ1) is 8.56. The molecule has 1 aromatic carbocycles. The van der Waals surface area contributed by atoms with Crippen LogP contribution in [0.3, 0.4) is 0 Å². The van der Waals surface area contributed by atoms with Crippen LogP contribution in [-0.2, 0) is 0 Å². The van der Waals surface area contributed by atoms with Gasteiger partial charge in [0, 0.05) is 22.8 Å². The smallest absolute Gasteiger partial charge is 0.269 e. The third-order valence-corrected chi connectivity index (χ3v) is 2.74. The van der Waals surface area contributed by atoms with Crippen molar-refractivity contribution in [1.82, 2.24) is 4.98 Å². The summed E-state index contributed by atoms with van der Waals surface area (Å²) in [5.74, 6) is 0.672. The molecule has 0 amide bonds. The summed E-state index contributed by atoms with van der Waals surface area (Å²) < 4.78 is 6.15. The minimum absolute atomic E-state index is 0.00258. The van der Waals surface area contributed by atoms with E-state index in [-0.39, 0.29) is 11.6 Å². The van der Waals surface area contributed by atoms with E-state index in [0.717, 1.165) is 4.47 Å². The Morgan fingerprint density at radius 2 is 2.00 bits per heavy atom. The normalized spacial score (nSPS) is 10.1. The highest BCUT2D eigenvalue weighted by atomic mass is 79.9. The second-order valence-electron chi connectivity index (χ2n) is 3.29. The van der Waals surface area contributed by atoms with E-state index in [1.165, 1.54) is 24.3 Å². The molecule has 18 heavy (non-hydrogen) atoms. The second kappa shape index (κ2) is 5.32. The molecule has 2 aromatic rings. The molecule has 0 saturated carbocycles. The lowest BCUT2D eigenvalue weighted by atomic mass is 10.3. The van der Waals surface area contributed by atoms with Gasteiger partial charge in [0.05, 0.1) is 4.92 Å². The van der Waals surface area contributed by atoms with Crippen LogP contribution in [0.25, 0.3) is 0 Å². The highest BCUT2D eigenvalue weighted by Crippen LogP contribution is 2.29. The molecule has 0 fully saturated rings. The van der Waals surface area contributed by atoms with Gasteiger partial charge in [-0.2, -0.15) is 0 Å². The molecule has 0 atom stereocenters. The van der Waals surface area contributed by atoms with E-state index in [4.69, 9.17) is 16.3 Å². The second-order valence-corrected chi connectivity index (χ2v) is 4.62. The molecule has 7 heteroatoms. The fourth-order valence-electron chi connectivity index (χ4n) is 1.22. The van der Waals surface area contributed by atoms with E-state index in [2.05, 4.69) is 20.9 Å². The van der Waals surface area contributed by atoms with Crippen molar-refractivity contribution < 1.29 is 9.66 Å². The Kier molecular flexibility index (Phi) is 3.78. The van der Waals surface area contributed by atoms with Crippen molar-refractivity contribution >= 4 is 33.2 Å². The van der Waals surface area contributed by atoms with Gasteiger partial charge in [0.25, 0.3) is 5.69 Å². The van der Waals surface area contributed by atoms with Crippen LogP contribution in [0.2, 0.25) is 5.02 Å². The highest BCUT2D eigenvalue weighted by molar-refractivity contribution is 9.10. The molecule has 0 bridgehead atoms. The molecule has 0 aliphatic rings. The van der Waals surface area contributed by atoms with E-state index in [9.17, 15) is 10.1 Å². The summed E-state index contributed by atoms with van der Waals surface area (Å²) >= 11 is 9.17. The van der Waals surface area contributed by atoms with Gasteiger partial charge < -0.3 is 4.74 Å². The fraction of sp³-hybridized carbons (Fsp3) is 0.